The van der Waals surface area contributed by atoms with Gasteiger partial charge in [0.05, 0.1) is 5.69 Å². The average molecular weight is 261 g/mol. The van der Waals surface area contributed by atoms with E-state index >= 15 is 0 Å². The normalized spacial score (nSPS) is 11.9. The van der Waals surface area contributed by atoms with Gasteiger partial charge in [0.1, 0.15) is 23.2 Å². The SMILES string of the molecule is CC(Oc1cccc(F)c1C(=O)O)c1ccccn1. The summed E-state index contributed by atoms with van der Waals surface area (Å²) in [5.41, 5.74) is 0.174. The summed E-state index contributed by atoms with van der Waals surface area (Å²) in [6, 6.07) is 9.23. The molecule has 19 heavy (non-hydrogen) atoms. The van der Waals surface area contributed by atoms with Crippen LogP contribution in [0.5, 0.6) is 5.75 Å². The second-order valence-corrected chi connectivity index (χ2v) is 3.93. The first kappa shape index (κ1) is 13.0. The van der Waals surface area contributed by atoms with E-state index in [1.807, 2.05) is 0 Å². The number of aromatic nitrogens is 1. The van der Waals surface area contributed by atoms with E-state index in [1.165, 1.54) is 12.1 Å². The maximum absolute atomic E-state index is 13.5. The molecule has 0 saturated heterocycles. The van der Waals surface area contributed by atoms with Gasteiger partial charge in [-0.15, -0.1) is 0 Å². The number of hydrogen-bond acceptors (Lipinski definition) is 3. The van der Waals surface area contributed by atoms with E-state index in [0.717, 1.165) is 6.07 Å². The van der Waals surface area contributed by atoms with Gasteiger partial charge < -0.3 is 9.84 Å². The van der Waals surface area contributed by atoms with E-state index in [4.69, 9.17) is 9.84 Å². The number of halogens is 1. The van der Waals surface area contributed by atoms with Gasteiger partial charge in [-0.2, -0.15) is 0 Å². The van der Waals surface area contributed by atoms with Crippen LogP contribution in [0, 0.1) is 5.82 Å². The van der Waals surface area contributed by atoms with Gasteiger partial charge in [-0.1, -0.05) is 12.1 Å². The number of hydrogen-bond donors (Lipinski definition) is 1. The molecule has 0 fully saturated rings. The van der Waals surface area contributed by atoms with Crippen LogP contribution in [0.1, 0.15) is 29.1 Å². The van der Waals surface area contributed by atoms with Crippen LogP contribution in [-0.2, 0) is 0 Å². The summed E-state index contributed by atoms with van der Waals surface area (Å²) in [5.74, 6) is -2.19. The molecule has 0 aliphatic heterocycles. The van der Waals surface area contributed by atoms with Crippen LogP contribution >= 0.6 is 0 Å². The highest BCUT2D eigenvalue weighted by Crippen LogP contribution is 2.26. The van der Waals surface area contributed by atoms with Gasteiger partial charge in [0, 0.05) is 6.20 Å². The molecule has 1 aromatic heterocycles. The zero-order valence-corrected chi connectivity index (χ0v) is 10.2. The number of carbonyl (C=O) groups is 1. The third-order valence-electron chi connectivity index (χ3n) is 2.60. The lowest BCUT2D eigenvalue weighted by Crippen LogP contribution is -2.10. The monoisotopic (exact) mass is 261 g/mol. The zero-order valence-electron chi connectivity index (χ0n) is 10.2. The summed E-state index contributed by atoms with van der Waals surface area (Å²) in [4.78, 5) is 15.1. The Morgan fingerprint density at radius 1 is 1.32 bits per heavy atom. The first-order chi connectivity index (χ1) is 9.09. The highest BCUT2D eigenvalue weighted by molar-refractivity contribution is 5.91. The van der Waals surface area contributed by atoms with Gasteiger partial charge >= 0.3 is 5.97 Å². The van der Waals surface area contributed by atoms with Crippen molar-refractivity contribution in [1.29, 1.82) is 0 Å². The van der Waals surface area contributed by atoms with Gasteiger partial charge in [-0.25, -0.2) is 9.18 Å². The molecule has 0 spiro atoms. The predicted molar refractivity (Wildman–Crippen MR) is 66.6 cm³/mol. The Morgan fingerprint density at radius 2 is 2.11 bits per heavy atom. The minimum Gasteiger partial charge on any atom is -0.483 e. The van der Waals surface area contributed by atoms with Crippen molar-refractivity contribution < 1.29 is 19.0 Å². The predicted octanol–water partition coefficient (Wildman–Crippen LogP) is 3.06. The molecular formula is C14H12FNO3. The van der Waals surface area contributed by atoms with Crippen molar-refractivity contribution in [2.24, 2.45) is 0 Å². The molecule has 0 radical (unpaired) electrons. The minimum absolute atomic E-state index is 0.00865. The van der Waals surface area contributed by atoms with Crippen LogP contribution in [0.3, 0.4) is 0 Å². The van der Waals surface area contributed by atoms with E-state index in [1.54, 1.807) is 31.3 Å². The van der Waals surface area contributed by atoms with Crippen molar-refractivity contribution in [2.75, 3.05) is 0 Å². The summed E-state index contributed by atoms with van der Waals surface area (Å²) in [7, 11) is 0. The number of pyridine rings is 1. The molecular weight excluding hydrogens is 249 g/mol. The Morgan fingerprint density at radius 3 is 2.74 bits per heavy atom. The molecule has 2 rings (SSSR count). The molecule has 1 heterocycles. The van der Waals surface area contributed by atoms with Crippen LogP contribution < -0.4 is 4.74 Å². The number of ether oxygens (including phenoxy) is 1. The standard InChI is InChI=1S/C14H12FNO3/c1-9(11-6-2-3-8-16-11)19-12-7-4-5-10(15)13(12)14(17)18/h2-9H,1H3,(H,17,18). The Kier molecular flexibility index (Phi) is 3.75. The molecule has 98 valence electrons. The molecule has 0 bridgehead atoms. The first-order valence-corrected chi connectivity index (χ1v) is 5.69. The van der Waals surface area contributed by atoms with Crippen LogP contribution in [0.25, 0.3) is 0 Å². The van der Waals surface area contributed by atoms with Crippen LogP contribution in [0.4, 0.5) is 4.39 Å². The molecule has 1 unspecified atom stereocenters. The topological polar surface area (TPSA) is 59.4 Å². The maximum Gasteiger partial charge on any atom is 0.342 e. The van der Waals surface area contributed by atoms with Gasteiger partial charge in [-0.05, 0) is 31.2 Å². The fourth-order valence-corrected chi connectivity index (χ4v) is 1.68. The number of carboxylic acid groups (broad SMARTS) is 1. The van der Waals surface area contributed by atoms with Gasteiger partial charge in [0.2, 0.25) is 0 Å². The van der Waals surface area contributed by atoms with E-state index in [0.29, 0.717) is 5.69 Å². The second kappa shape index (κ2) is 5.48. The lowest BCUT2D eigenvalue weighted by atomic mass is 10.2. The lowest BCUT2D eigenvalue weighted by Gasteiger charge is -2.15. The summed E-state index contributed by atoms with van der Waals surface area (Å²) >= 11 is 0. The first-order valence-electron chi connectivity index (χ1n) is 5.69. The third kappa shape index (κ3) is 2.88. The van der Waals surface area contributed by atoms with Gasteiger partial charge in [-0.3, -0.25) is 4.98 Å². The average Bonchev–Trinajstić information content (AvgIpc) is 2.39. The van der Waals surface area contributed by atoms with Gasteiger partial charge in [0.25, 0.3) is 0 Å². The summed E-state index contributed by atoms with van der Waals surface area (Å²) in [6.45, 7) is 1.72. The van der Waals surface area contributed by atoms with Crippen molar-refractivity contribution in [1.82, 2.24) is 4.98 Å². The van der Waals surface area contributed by atoms with Crippen molar-refractivity contribution >= 4 is 5.97 Å². The number of aromatic carboxylic acids is 1. The van der Waals surface area contributed by atoms with Crippen molar-refractivity contribution in [3.05, 3.63) is 59.7 Å². The fourth-order valence-electron chi connectivity index (χ4n) is 1.68. The smallest absolute Gasteiger partial charge is 0.342 e. The molecule has 0 aliphatic carbocycles. The van der Waals surface area contributed by atoms with Crippen molar-refractivity contribution in [3.8, 4) is 5.75 Å². The highest BCUT2D eigenvalue weighted by Gasteiger charge is 2.19. The van der Waals surface area contributed by atoms with Crippen LogP contribution in [0.2, 0.25) is 0 Å². The highest BCUT2D eigenvalue weighted by atomic mass is 19.1. The van der Waals surface area contributed by atoms with Crippen molar-refractivity contribution in [2.45, 2.75) is 13.0 Å². The molecule has 5 heteroatoms. The van der Waals surface area contributed by atoms with E-state index in [9.17, 15) is 9.18 Å². The van der Waals surface area contributed by atoms with Crippen LogP contribution in [-0.4, -0.2) is 16.1 Å². The van der Waals surface area contributed by atoms with E-state index in [-0.39, 0.29) is 5.75 Å². The molecule has 0 saturated carbocycles. The largest absolute Gasteiger partial charge is 0.483 e. The van der Waals surface area contributed by atoms with Crippen molar-refractivity contribution in [3.63, 3.8) is 0 Å². The fraction of sp³-hybridized carbons (Fsp3) is 0.143. The minimum atomic E-state index is -1.36. The lowest BCUT2D eigenvalue weighted by molar-refractivity contribution is 0.0684. The Balaban J connectivity index is 2.29. The van der Waals surface area contributed by atoms with E-state index < -0.39 is 23.5 Å². The Bertz CT molecular complexity index is 586. The number of nitrogens with zero attached hydrogens (tertiary/aromatic N) is 1. The molecule has 1 N–H and O–H groups in total. The molecule has 0 aliphatic rings. The summed E-state index contributed by atoms with van der Waals surface area (Å²) in [6.07, 6.45) is 1.14. The second-order valence-electron chi connectivity index (χ2n) is 3.93. The number of rotatable bonds is 4. The molecule has 2 aromatic rings. The zero-order chi connectivity index (χ0) is 13.8. The molecule has 1 aromatic carbocycles. The summed E-state index contributed by atoms with van der Waals surface area (Å²) in [5, 5.41) is 8.99. The van der Waals surface area contributed by atoms with Gasteiger partial charge in [0.15, 0.2) is 0 Å². The Hall–Kier alpha value is -2.43. The summed E-state index contributed by atoms with van der Waals surface area (Å²) < 4.78 is 19.0. The molecule has 4 nitrogen and oxygen atoms in total. The third-order valence-corrected chi connectivity index (χ3v) is 2.60. The molecule has 1 atom stereocenters. The molecule has 0 amide bonds. The Labute approximate surface area is 109 Å². The van der Waals surface area contributed by atoms with Crippen LogP contribution in [0.15, 0.2) is 42.6 Å². The number of carboxylic acids is 1. The quantitative estimate of drug-likeness (QED) is 0.918. The van der Waals surface area contributed by atoms with E-state index in [2.05, 4.69) is 4.98 Å². The maximum atomic E-state index is 13.5. The number of benzene rings is 1.